The quantitative estimate of drug-likeness (QED) is 0.260. The van der Waals surface area contributed by atoms with Gasteiger partial charge in [0.1, 0.15) is 5.75 Å². The highest BCUT2D eigenvalue weighted by Gasteiger charge is 2.16. The number of rotatable bonds is 15. The number of ether oxygens (including phenoxy) is 1. The number of hydrogen-bond acceptors (Lipinski definition) is 3. The number of hydrogen-bond donors (Lipinski definition) is 0. The Bertz CT molecular complexity index is 836. The first-order valence-corrected chi connectivity index (χ1v) is 12.7. The average Bonchev–Trinajstić information content (AvgIpc) is 2.81. The van der Waals surface area contributed by atoms with E-state index in [1.165, 1.54) is 32.1 Å². The molecule has 2 aromatic rings. The number of carbonyl (C=O) groups is 1. The zero-order chi connectivity index (χ0) is 24.1. The van der Waals surface area contributed by atoms with Crippen molar-refractivity contribution in [3.05, 3.63) is 53.1 Å². The topological polar surface area (TPSA) is 32.8 Å². The molecule has 0 bridgehead atoms. The maximum absolute atomic E-state index is 13.1. The molecule has 0 saturated carbocycles. The van der Waals surface area contributed by atoms with E-state index in [0.717, 1.165) is 48.4 Å². The van der Waals surface area contributed by atoms with E-state index < -0.39 is 0 Å². The van der Waals surface area contributed by atoms with Crippen molar-refractivity contribution in [1.29, 1.82) is 0 Å². The van der Waals surface area contributed by atoms with Crippen LogP contribution in [0.4, 0.5) is 0 Å². The van der Waals surface area contributed by atoms with E-state index in [0.29, 0.717) is 18.0 Å². The largest absolute Gasteiger partial charge is 0.496 e. The molecule has 0 atom stereocenters. The number of nitrogens with zero attached hydrogens (tertiary/aromatic N) is 2. The van der Waals surface area contributed by atoms with Crippen LogP contribution in [0.5, 0.6) is 5.75 Å². The van der Waals surface area contributed by atoms with E-state index in [1.807, 2.05) is 49.3 Å². The van der Waals surface area contributed by atoms with Gasteiger partial charge in [-0.15, -0.1) is 0 Å². The molecule has 0 aliphatic carbocycles. The first kappa shape index (κ1) is 27.2. The molecule has 182 valence electrons. The van der Waals surface area contributed by atoms with E-state index in [-0.39, 0.29) is 5.91 Å². The number of unbranched alkanes of at least 4 members (excludes halogenated alkanes) is 6. The summed E-state index contributed by atoms with van der Waals surface area (Å²) in [5.74, 6) is 1.06. The van der Waals surface area contributed by atoms with Gasteiger partial charge in [0.15, 0.2) is 0 Å². The van der Waals surface area contributed by atoms with Crippen LogP contribution in [0.25, 0.3) is 11.1 Å². The van der Waals surface area contributed by atoms with Crippen LogP contribution < -0.4 is 4.74 Å². The fourth-order valence-corrected chi connectivity index (χ4v) is 4.06. The van der Waals surface area contributed by atoms with Crippen molar-refractivity contribution in [2.24, 2.45) is 0 Å². The second-order valence-corrected chi connectivity index (χ2v) is 9.47. The molecule has 2 rings (SSSR count). The summed E-state index contributed by atoms with van der Waals surface area (Å²) < 4.78 is 5.60. The second-order valence-electron chi connectivity index (χ2n) is 9.03. The maximum atomic E-state index is 13.1. The van der Waals surface area contributed by atoms with Crippen molar-refractivity contribution >= 4 is 17.5 Å². The summed E-state index contributed by atoms with van der Waals surface area (Å²) in [5, 5.41) is 0.708. The highest BCUT2D eigenvalue weighted by molar-refractivity contribution is 6.30. The Morgan fingerprint density at radius 3 is 2.21 bits per heavy atom. The SMILES string of the molecule is CCCCCCCCCC(=O)N(CCN(C)C)Cc1ccc(OC)c(-c2ccc(Cl)cc2)c1. The standard InChI is InChI=1S/C28H41ClN2O2/c1-5-6-7-8-9-10-11-12-28(32)31(20-19-30(2)3)22-23-13-18-27(33-4)26(21-23)24-14-16-25(29)17-15-24/h13-18,21H,5-12,19-20,22H2,1-4H3. The summed E-state index contributed by atoms with van der Waals surface area (Å²) >= 11 is 6.07. The van der Waals surface area contributed by atoms with E-state index >= 15 is 0 Å². The Kier molecular flexibility index (Phi) is 12.3. The molecule has 4 nitrogen and oxygen atoms in total. The smallest absolute Gasteiger partial charge is 0.222 e. The molecule has 0 saturated heterocycles. The number of halogens is 1. The normalized spacial score (nSPS) is 11.1. The third-order valence-electron chi connectivity index (χ3n) is 5.96. The zero-order valence-corrected chi connectivity index (χ0v) is 21.7. The Balaban J connectivity index is 2.06. The zero-order valence-electron chi connectivity index (χ0n) is 20.9. The van der Waals surface area contributed by atoms with Gasteiger partial charge in [-0.05, 0) is 55.9 Å². The van der Waals surface area contributed by atoms with Crippen molar-refractivity contribution in [3.63, 3.8) is 0 Å². The Morgan fingerprint density at radius 2 is 1.58 bits per heavy atom. The van der Waals surface area contributed by atoms with Gasteiger partial charge >= 0.3 is 0 Å². The molecular weight excluding hydrogens is 432 g/mol. The van der Waals surface area contributed by atoms with Crippen LogP contribution in [-0.2, 0) is 11.3 Å². The molecule has 5 heteroatoms. The first-order chi connectivity index (χ1) is 15.9. The minimum atomic E-state index is 0.245. The monoisotopic (exact) mass is 472 g/mol. The number of methoxy groups -OCH3 is 1. The van der Waals surface area contributed by atoms with Crippen LogP contribution in [0, 0.1) is 0 Å². The highest BCUT2D eigenvalue weighted by Crippen LogP contribution is 2.32. The van der Waals surface area contributed by atoms with E-state index in [1.54, 1.807) is 7.11 Å². The summed E-state index contributed by atoms with van der Waals surface area (Å²) in [7, 11) is 5.78. The van der Waals surface area contributed by atoms with Crippen LogP contribution >= 0.6 is 11.6 Å². The Hall–Kier alpha value is -2.04. The lowest BCUT2D eigenvalue weighted by atomic mass is 10.0. The Labute approximate surface area is 205 Å². The van der Waals surface area contributed by atoms with Gasteiger partial charge in [0.25, 0.3) is 0 Å². The Morgan fingerprint density at radius 1 is 0.909 bits per heavy atom. The molecule has 1 amide bonds. The van der Waals surface area contributed by atoms with Crippen molar-refractivity contribution in [1.82, 2.24) is 9.80 Å². The minimum absolute atomic E-state index is 0.245. The van der Waals surface area contributed by atoms with Gasteiger partial charge in [-0.2, -0.15) is 0 Å². The summed E-state index contributed by atoms with van der Waals surface area (Å²) in [5.41, 5.74) is 3.17. The fraction of sp³-hybridized carbons (Fsp3) is 0.536. The second kappa shape index (κ2) is 15.0. The predicted octanol–water partition coefficient (Wildman–Crippen LogP) is 7.05. The fourth-order valence-electron chi connectivity index (χ4n) is 3.93. The molecule has 33 heavy (non-hydrogen) atoms. The molecule has 2 aromatic carbocycles. The molecule has 0 aromatic heterocycles. The van der Waals surface area contributed by atoms with Gasteiger partial charge in [0.2, 0.25) is 5.91 Å². The summed E-state index contributed by atoms with van der Waals surface area (Å²) in [6.07, 6.45) is 9.15. The van der Waals surface area contributed by atoms with Crippen molar-refractivity contribution in [2.45, 2.75) is 64.8 Å². The van der Waals surface area contributed by atoms with Gasteiger partial charge < -0.3 is 14.5 Å². The molecule has 0 unspecified atom stereocenters. The number of amides is 1. The molecule has 0 heterocycles. The van der Waals surface area contributed by atoms with Crippen LogP contribution in [0.15, 0.2) is 42.5 Å². The van der Waals surface area contributed by atoms with Gasteiger partial charge in [-0.3, -0.25) is 4.79 Å². The lowest BCUT2D eigenvalue weighted by Gasteiger charge is -2.25. The molecule has 0 radical (unpaired) electrons. The molecule has 0 aliphatic rings. The van der Waals surface area contributed by atoms with Gasteiger partial charge in [-0.25, -0.2) is 0 Å². The highest BCUT2D eigenvalue weighted by atomic mass is 35.5. The van der Waals surface area contributed by atoms with E-state index in [2.05, 4.69) is 24.0 Å². The molecule has 0 N–H and O–H groups in total. The molecule has 0 fully saturated rings. The maximum Gasteiger partial charge on any atom is 0.222 e. The third kappa shape index (κ3) is 9.77. The lowest BCUT2D eigenvalue weighted by molar-refractivity contribution is -0.132. The van der Waals surface area contributed by atoms with Crippen molar-refractivity contribution < 1.29 is 9.53 Å². The predicted molar refractivity (Wildman–Crippen MR) is 140 cm³/mol. The summed E-state index contributed by atoms with van der Waals surface area (Å²) in [6.45, 7) is 4.42. The van der Waals surface area contributed by atoms with Crippen LogP contribution in [0.3, 0.4) is 0 Å². The van der Waals surface area contributed by atoms with Crippen LogP contribution in [-0.4, -0.2) is 50.0 Å². The first-order valence-electron chi connectivity index (χ1n) is 12.3. The molecular formula is C28H41ClN2O2. The number of benzene rings is 2. The average molecular weight is 473 g/mol. The van der Waals surface area contributed by atoms with Gasteiger partial charge in [0, 0.05) is 36.6 Å². The van der Waals surface area contributed by atoms with E-state index in [4.69, 9.17) is 16.3 Å². The summed E-state index contributed by atoms with van der Waals surface area (Å²) in [4.78, 5) is 17.2. The minimum Gasteiger partial charge on any atom is -0.496 e. The van der Waals surface area contributed by atoms with Crippen molar-refractivity contribution in [2.75, 3.05) is 34.3 Å². The molecule has 0 aliphatic heterocycles. The summed E-state index contributed by atoms with van der Waals surface area (Å²) in [6, 6.07) is 14.0. The number of carbonyl (C=O) groups excluding carboxylic acids is 1. The van der Waals surface area contributed by atoms with Crippen molar-refractivity contribution in [3.8, 4) is 16.9 Å². The van der Waals surface area contributed by atoms with Crippen LogP contribution in [0.2, 0.25) is 5.02 Å². The van der Waals surface area contributed by atoms with Crippen LogP contribution in [0.1, 0.15) is 63.9 Å². The lowest BCUT2D eigenvalue weighted by Crippen LogP contribution is -2.36. The van der Waals surface area contributed by atoms with Gasteiger partial charge in [-0.1, -0.05) is 75.2 Å². The van der Waals surface area contributed by atoms with Gasteiger partial charge in [0.05, 0.1) is 7.11 Å². The van der Waals surface area contributed by atoms with E-state index in [9.17, 15) is 4.79 Å². The number of likely N-dealkylation sites (N-methyl/N-ethyl adjacent to an activating group) is 1. The third-order valence-corrected chi connectivity index (χ3v) is 6.21. The molecule has 0 spiro atoms.